The van der Waals surface area contributed by atoms with E-state index in [1.807, 2.05) is 0 Å². The Morgan fingerprint density at radius 1 is 1.44 bits per heavy atom. The highest BCUT2D eigenvalue weighted by Gasteiger charge is 2.24. The molecule has 2 rings (SSSR count). The molecular weight excluding hydrogens is 232 g/mol. The van der Waals surface area contributed by atoms with E-state index in [1.165, 1.54) is 19.0 Å². The standard InChI is InChI=1S/C13H18N2O3/c1-8-5-3-4-6-11(8)18-13-14-7-10(12(16)17)9(2)15-13/h7-8,11H,3-6H2,1-2H3,(H,16,17). The van der Waals surface area contributed by atoms with Crippen LogP contribution in [0.2, 0.25) is 0 Å². The fraction of sp³-hybridized carbons (Fsp3) is 0.615. The number of hydrogen-bond acceptors (Lipinski definition) is 4. The average molecular weight is 250 g/mol. The molecule has 0 amide bonds. The smallest absolute Gasteiger partial charge is 0.339 e. The Labute approximate surface area is 106 Å². The molecule has 0 aromatic carbocycles. The number of rotatable bonds is 3. The highest BCUT2D eigenvalue weighted by molar-refractivity contribution is 5.88. The van der Waals surface area contributed by atoms with Gasteiger partial charge in [0, 0.05) is 6.20 Å². The van der Waals surface area contributed by atoms with E-state index in [2.05, 4.69) is 16.9 Å². The van der Waals surface area contributed by atoms with Crippen LogP contribution in [0.4, 0.5) is 0 Å². The van der Waals surface area contributed by atoms with Crippen LogP contribution in [-0.2, 0) is 0 Å². The summed E-state index contributed by atoms with van der Waals surface area (Å²) in [5.74, 6) is -0.508. The highest BCUT2D eigenvalue weighted by Crippen LogP contribution is 2.26. The van der Waals surface area contributed by atoms with Crippen LogP contribution in [0.15, 0.2) is 6.20 Å². The van der Waals surface area contributed by atoms with Gasteiger partial charge in [-0.3, -0.25) is 0 Å². The number of hydrogen-bond donors (Lipinski definition) is 1. The number of nitrogens with zero attached hydrogens (tertiary/aromatic N) is 2. The van der Waals surface area contributed by atoms with Gasteiger partial charge < -0.3 is 9.84 Å². The maximum absolute atomic E-state index is 10.9. The fourth-order valence-electron chi connectivity index (χ4n) is 2.31. The van der Waals surface area contributed by atoms with Crippen LogP contribution >= 0.6 is 0 Å². The lowest BCUT2D eigenvalue weighted by atomic mass is 9.88. The minimum atomic E-state index is -1.01. The second-order valence-electron chi connectivity index (χ2n) is 4.87. The molecule has 1 aliphatic carbocycles. The first-order valence-electron chi connectivity index (χ1n) is 6.31. The quantitative estimate of drug-likeness (QED) is 0.892. The van der Waals surface area contributed by atoms with Crippen molar-refractivity contribution in [1.29, 1.82) is 0 Å². The van der Waals surface area contributed by atoms with E-state index in [-0.39, 0.29) is 17.7 Å². The predicted octanol–water partition coefficient (Wildman–Crippen LogP) is 2.44. The molecule has 5 heteroatoms. The summed E-state index contributed by atoms with van der Waals surface area (Å²) in [6, 6.07) is 0.288. The lowest BCUT2D eigenvalue weighted by Crippen LogP contribution is -2.29. The summed E-state index contributed by atoms with van der Waals surface area (Å²) in [5.41, 5.74) is 0.565. The third kappa shape index (κ3) is 2.78. The van der Waals surface area contributed by atoms with Crippen molar-refractivity contribution in [3.63, 3.8) is 0 Å². The lowest BCUT2D eigenvalue weighted by molar-refractivity contribution is 0.0693. The highest BCUT2D eigenvalue weighted by atomic mass is 16.5. The van der Waals surface area contributed by atoms with Crippen LogP contribution in [-0.4, -0.2) is 27.1 Å². The number of carboxylic acid groups (broad SMARTS) is 1. The SMILES string of the molecule is Cc1nc(OC2CCCCC2C)ncc1C(=O)O. The Balaban J connectivity index is 2.10. The van der Waals surface area contributed by atoms with E-state index in [0.29, 0.717) is 11.6 Å². The van der Waals surface area contributed by atoms with E-state index in [4.69, 9.17) is 9.84 Å². The Morgan fingerprint density at radius 2 is 2.17 bits per heavy atom. The molecule has 1 aliphatic rings. The molecule has 1 aromatic rings. The summed E-state index contributed by atoms with van der Waals surface area (Å²) in [4.78, 5) is 18.9. The maximum Gasteiger partial charge on any atom is 0.339 e. The molecule has 1 N–H and O–H groups in total. The Morgan fingerprint density at radius 3 is 2.78 bits per heavy atom. The third-order valence-electron chi connectivity index (χ3n) is 3.48. The van der Waals surface area contributed by atoms with Gasteiger partial charge in [-0.05, 0) is 32.1 Å². The van der Waals surface area contributed by atoms with Gasteiger partial charge in [-0.1, -0.05) is 13.3 Å². The van der Waals surface area contributed by atoms with Gasteiger partial charge in [-0.25, -0.2) is 9.78 Å². The minimum Gasteiger partial charge on any atom is -0.478 e. The summed E-state index contributed by atoms with van der Waals surface area (Å²) >= 11 is 0. The second kappa shape index (κ2) is 5.33. The molecule has 5 nitrogen and oxygen atoms in total. The molecule has 1 aromatic heterocycles. The fourth-order valence-corrected chi connectivity index (χ4v) is 2.31. The van der Waals surface area contributed by atoms with Crippen LogP contribution in [0, 0.1) is 12.8 Å². The van der Waals surface area contributed by atoms with Crippen LogP contribution in [0.1, 0.15) is 48.7 Å². The van der Waals surface area contributed by atoms with Gasteiger partial charge in [0.1, 0.15) is 6.10 Å². The minimum absolute atomic E-state index is 0.124. The Kier molecular flexibility index (Phi) is 3.79. The summed E-state index contributed by atoms with van der Waals surface area (Å²) in [7, 11) is 0. The monoisotopic (exact) mass is 250 g/mol. The van der Waals surface area contributed by atoms with Crippen LogP contribution in [0.25, 0.3) is 0 Å². The molecule has 0 saturated heterocycles. The van der Waals surface area contributed by atoms with E-state index in [1.54, 1.807) is 6.92 Å². The lowest BCUT2D eigenvalue weighted by Gasteiger charge is -2.28. The number of aryl methyl sites for hydroxylation is 1. The van der Waals surface area contributed by atoms with Crippen molar-refractivity contribution in [3.8, 4) is 6.01 Å². The van der Waals surface area contributed by atoms with Crippen molar-refractivity contribution < 1.29 is 14.6 Å². The topological polar surface area (TPSA) is 72.3 Å². The van der Waals surface area contributed by atoms with E-state index in [0.717, 1.165) is 12.8 Å². The number of carboxylic acids is 1. The Bertz CT molecular complexity index is 448. The van der Waals surface area contributed by atoms with Gasteiger partial charge in [0.25, 0.3) is 0 Å². The molecule has 2 unspecified atom stereocenters. The number of ether oxygens (including phenoxy) is 1. The van der Waals surface area contributed by atoms with E-state index >= 15 is 0 Å². The summed E-state index contributed by atoms with van der Waals surface area (Å²) in [5, 5.41) is 8.90. The van der Waals surface area contributed by atoms with Crippen molar-refractivity contribution in [2.45, 2.75) is 45.6 Å². The maximum atomic E-state index is 10.9. The molecule has 1 heterocycles. The van der Waals surface area contributed by atoms with Gasteiger partial charge in [0.2, 0.25) is 0 Å². The summed E-state index contributed by atoms with van der Waals surface area (Å²) < 4.78 is 5.77. The Hall–Kier alpha value is -1.65. The molecule has 1 saturated carbocycles. The zero-order chi connectivity index (χ0) is 13.1. The molecule has 0 spiro atoms. The first kappa shape index (κ1) is 12.8. The van der Waals surface area contributed by atoms with Crippen LogP contribution < -0.4 is 4.74 Å². The zero-order valence-corrected chi connectivity index (χ0v) is 10.7. The largest absolute Gasteiger partial charge is 0.478 e. The molecular formula is C13H18N2O3. The predicted molar refractivity (Wildman–Crippen MR) is 65.8 cm³/mol. The van der Waals surface area contributed by atoms with Crippen molar-refractivity contribution in [3.05, 3.63) is 17.5 Å². The molecule has 98 valence electrons. The summed E-state index contributed by atoms with van der Waals surface area (Å²) in [6.07, 6.45) is 6.06. The third-order valence-corrected chi connectivity index (χ3v) is 3.48. The molecule has 2 atom stereocenters. The van der Waals surface area contributed by atoms with Crippen LogP contribution in [0.3, 0.4) is 0 Å². The van der Waals surface area contributed by atoms with Gasteiger partial charge in [-0.2, -0.15) is 4.98 Å². The molecule has 0 aliphatic heterocycles. The summed E-state index contributed by atoms with van der Waals surface area (Å²) in [6.45, 7) is 3.82. The first-order chi connectivity index (χ1) is 8.58. The van der Waals surface area contributed by atoms with E-state index < -0.39 is 5.97 Å². The van der Waals surface area contributed by atoms with Gasteiger partial charge in [-0.15, -0.1) is 0 Å². The van der Waals surface area contributed by atoms with E-state index in [9.17, 15) is 4.79 Å². The normalized spacial score (nSPS) is 23.7. The molecule has 0 bridgehead atoms. The second-order valence-corrected chi connectivity index (χ2v) is 4.87. The molecule has 18 heavy (non-hydrogen) atoms. The van der Waals surface area contributed by atoms with Crippen LogP contribution in [0.5, 0.6) is 6.01 Å². The van der Waals surface area contributed by atoms with Crippen molar-refractivity contribution in [2.75, 3.05) is 0 Å². The van der Waals surface area contributed by atoms with Gasteiger partial charge >= 0.3 is 12.0 Å². The van der Waals surface area contributed by atoms with Crippen molar-refractivity contribution in [1.82, 2.24) is 9.97 Å². The van der Waals surface area contributed by atoms with Crippen molar-refractivity contribution >= 4 is 5.97 Å². The number of aromatic carboxylic acids is 1. The van der Waals surface area contributed by atoms with Crippen molar-refractivity contribution in [2.24, 2.45) is 5.92 Å². The number of aromatic nitrogens is 2. The first-order valence-corrected chi connectivity index (χ1v) is 6.31. The van der Waals surface area contributed by atoms with Gasteiger partial charge in [0.15, 0.2) is 0 Å². The van der Waals surface area contributed by atoms with Gasteiger partial charge in [0.05, 0.1) is 11.3 Å². The average Bonchev–Trinajstić information content (AvgIpc) is 2.32. The number of carbonyl (C=O) groups is 1. The molecule has 1 fully saturated rings. The zero-order valence-electron chi connectivity index (χ0n) is 10.7. The molecule has 0 radical (unpaired) electrons.